The number of ether oxygens (including phenoxy) is 2. The summed E-state index contributed by atoms with van der Waals surface area (Å²) in [5, 5.41) is 9.19. The summed E-state index contributed by atoms with van der Waals surface area (Å²) in [6.45, 7) is 7.81. The highest BCUT2D eigenvalue weighted by molar-refractivity contribution is 5.76. The number of carboxylic acid groups (broad SMARTS) is 1. The van der Waals surface area contributed by atoms with Gasteiger partial charge in [0.2, 0.25) is 0 Å². The van der Waals surface area contributed by atoms with Gasteiger partial charge in [-0.15, -0.1) is 0 Å². The molecule has 0 amide bonds. The average Bonchev–Trinajstić information content (AvgIpc) is 2.78. The number of hydrogen-bond acceptors (Lipinski definition) is 3. The molecule has 3 rings (SSSR count). The monoisotopic (exact) mass is 430 g/mol. The minimum Gasteiger partial charge on any atom is -0.489 e. The van der Waals surface area contributed by atoms with Crippen LogP contribution in [0.25, 0.3) is 17.2 Å². The molecular weight excluding hydrogens is 400 g/mol. The zero-order chi connectivity index (χ0) is 23.1. The van der Waals surface area contributed by atoms with Crippen LogP contribution in [0.3, 0.4) is 0 Å². The predicted octanol–water partition coefficient (Wildman–Crippen LogP) is 6.71. The lowest BCUT2D eigenvalue weighted by Crippen LogP contribution is -2.37. The van der Waals surface area contributed by atoms with Gasteiger partial charge in [-0.05, 0) is 66.3 Å². The predicted molar refractivity (Wildman–Crippen MR) is 129 cm³/mol. The summed E-state index contributed by atoms with van der Waals surface area (Å²) in [6, 6.07) is 25.9. The summed E-state index contributed by atoms with van der Waals surface area (Å²) in [7, 11) is 0. The molecule has 0 saturated heterocycles. The molecule has 0 atom stereocenters. The highest BCUT2D eigenvalue weighted by atomic mass is 16.5. The van der Waals surface area contributed by atoms with E-state index in [0.29, 0.717) is 24.0 Å². The highest BCUT2D eigenvalue weighted by Crippen LogP contribution is 2.24. The Morgan fingerprint density at radius 2 is 1.44 bits per heavy atom. The Kier molecular flexibility index (Phi) is 7.37. The van der Waals surface area contributed by atoms with Crippen molar-refractivity contribution in [2.45, 2.75) is 33.3 Å². The van der Waals surface area contributed by atoms with Crippen LogP contribution in [0.5, 0.6) is 11.5 Å². The van der Waals surface area contributed by atoms with Gasteiger partial charge in [0.15, 0.2) is 5.60 Å². The van der Waals surface area contributed by atoms with Crippen LogP contribution in [0, 0.1) is 5.92 Å². The van der Waals surface area contributed by atoms with Crippen LogP contribution in [0.15, 0.2) is 84.4 Å². The van der Waals surface area contributed by atoms with Gasteiger partial charge in [0, 0.05) is 0 Å². The van der Waals surface area contributed by atoms with Gasteiger partial charge in [0.1, 0.15) is 18.1 Å². The van der Waals surface area contributed by atoms with Gasteiger partial charge in [-0.25, -0.2) is 4.79 Å². The third kappa shape index (κ3) is 6.24. The molecule has 0 fully saturated rings. The second-order valence-electron chi connectivity index (χ2n) is 8.54. The molecule has 3 aromatic carbocycles. The molecule has 0 spiro atoms. The van der Waals surface area contributed by atoms with E-state index in [1.807, 2.05) is 18.2 Å². The first-order chi connectivity index (χ1) is 15.2. The molecule has 0 bridgehead atoms. The Hall–Kier alpha value is -3.53. The van der Waals surface area contributed by atoms with Crippen LogP contribution in [-0.4, -0.2) is 23.3 Å². The molecule has 3 aromatic rings. The lowest BCUT2D eigenvalue weighted by molar-refractivity contribution is -0.152. The lowest BCUT2D eigenvalue weighted by atomic mass is 9.99. The summed E-state index contributed by atoms with van der Waals surface area (Å²) in [5.41, 5.74) is 3.43. The molecule has 0 unspecified atom stereocenters. The van der Waals surface area contributed by atoms with E-state index in [2.05, 4.69) is 56.3 Å². The molecule has 166 valence electrons. The molecule has 0 aliphatic heterocycles. The molecule has 0 aromatic heterocycles. The van der Waals surface area contributed by atoms with Crippen LogP contribution in [0.4, 0.5) is 0 Å². The molecule has 0 radical (unpaired) electrons. The number of aliphatic carboxylic acids is 1. The SMILES string of the molecule is CC(C)C(=Cc1ccc(-c2ccccc2)cc1)COc1ccc(OC(C)(C)C(=O)O)cc1. The molecule has 0 heterocycles. The van der Waals surface area contributed by atoms with Gasteiger partial charge >= 0.3 is 5.97 Å². The number of rotatable bonds is 9. The fourth-order valence-electron chi connectivity index (χ4n) is 3.10. The maximum absolute atomic E-state index is 11.2. The fraction of sp³-hybridized carbons (Fsp3) is 0.250. The standard InChI is InChI=1S/C28H30O4/c1-20(2)24(18-21-10-12-23(13-11-21)22-8-6-5-7-9-22)19-31-25-14-16-26(17-15-25)32-28(3,4)27(29)30/h5-18,20H,19H2,1-4H3,(H,29,30). The summed E-state index contributed by atoms with van der Waals surface area (Å²) in [5.74, 6) is 0.517. The molecule has 32 heavy (non-hydrogen) atoms. The second kappa shape index (κ2) is 10.2. The van der Waals surface area contributed by atoms with Crippen LogP contribution in [0.2, 0.25) is 0 Å². The summed E-state index contributed by atoms with van der Waals surface area (Å²) >= 11 is 0. The minimum absolute atomic E-state index is 0.336. The highest BCUT2D eigenvalue weighted by Gasteiger charge is 2.29. The van der Waals surface area contributed by atoms with Gasteiger partial charge in [0.25, 0.3) is 0 Å². The van der Waals surface area contributed by atoms with Crippen LogP contribution in [-0.2, 0) is 4.79 Å². The van der Waals surface area contributed by atoms with E-state index in [9.17, 15) is 9.90 Å². The van der Waals surface area contributed by atoms with Crippen molar-refractivity contribution in [3.8, 4) is 22.6 Å². The van der Waals surface area contributed by atoms with Crippen molar-refractivity contribution in [2.24, 2.45) is 5.92 Å². The third-order valence-corrected chi connectivity index (χ3v) is 5.23. The van der Waals surface area contributed by atoms with Gasteiger partial charge in [0.05, 0.1) is 0 Å². The van der Waals surface area contributed by atoms with Crippen molar-refractivity contribution in [2.75, 3.05) is 6.61 Å². The average molecular weight is 431 g/mol. The largest absolute Gasteiger partial charge is 0.489 e. The summed E-state index contributed by atoms with van der Waals surface area (Å²) < 4.78 is 11.5. The number of hydrogen-bond donors (Lipinski definition) is 1. The summed E-state index contributed by atoms with van der Waals surface area (Å²) in [4.78, 5) is 11.2. The van der Waals surface area contributed by atoms with E-state index < -0.39 is 11.6 Å². The third-order valence-electron chi connectivity index (χ3n) is 5.23. The second-order valence-corrected chi connectivity index (χ2v) is 8.54. The van der Waals surface area contributed by atoms with Crippen molar-refractivity contribution >= 4 is 12.0 Å². The van der Waals surface area contributed by atoms with Crippen LogP contribution in [0.1, 0.15) is 33.3 Å². The van der Waals surface area contributed by atoms with E-state index >= 15 is 0 Å². The van der Waals surface area contributed by atoms with Crippen molar-refractivity contribution in [1.29, 1.82) is 0 Å². The van der Waals surface area contributed by atoms with E-state index in [0.717, 1.165) is 5.56 Å². The molecule has 1 N–H and O–H groups in total. The van der Waals surface area contributed by atoms with Crippen LogP contribution >= 0.6 is 0 Å². The fourth-order valence-corrected chi connectivity index (χ4v) is 3.10. The zero-order valence-electron chi connectivity index (χ0n) is 19.0. The van der Waals surface area contributed by atoms with E-state index in [4.69, 9.17) is 9.47 Å². The first-order valence-corrected chi connectivity index (χ1v) is 10.8. The van der Waals surface area contributed by atoms with Crippen LogP contribution < -0.4 is 9.47 Å². The van der Waals surface area contributed by atoms with E-state index in [-0.39, 0.29) is 0 Å². The van der Waals surface area contributed by atoms with Crippen molar-refractivity contribution < 1.29 is 19.4 Å². The zero-order valence-corrected chi connectivity index (χ0v) is 19.0. The van der Waals surface area contributed by atoms with Gasteiger partial charge in [-0.1, -0.05) is 74.5 Å². The lowest BCUT2D eigenvalue weighted by Gasteiger charge is -2.21. The quantitative estimate of drug-likeness (QED) is 0.410. The van der Waals surface area contributed by atoms with Crippen molar-refractivity contribution in [3.05, 3.63) is 90.0 Å². The normalized spacial score (nSPS) is 12.0. The topological polar surface area (TPSA) is 55.8 Å². The maximum atomic E-state index is 11.2. The molecule has 0 saturated carbocycles. The maximum Gasteiger partial charge on any atom is 0.347 e. The Morgan fingerprint density at radius 3 is 2.00 bits per heavy atom. The first-order valence-electron chi connectivity index (χ1n) is 10.8. The Morgan fingerprint density at radius 1 is 0.875 bits per heavy atom. The number of carboxylic acids is 1. The molecule has 0 aliphatic carbocycles. The van der Waals surface area contributed by atoms with Gasteiger partial charge in [-0.3, -0.25) is 0 Å². The minimum atomic E-state index is -1.29. The Labute approximate surface area is 190 Å². The molecule has 4 nitrogen and oxygen atoms in total. The first kappa shape index (κ1) is 23.1. The smallest absolute Gasteiger partial charge is 0.347 e. The van der Waals surface area contributed by atoms with Crippen molar-refractivity contribution in [3.63, 3.8) is 0 Å². The molecular formula is C28H30O4. The van der Waals surface area contributed by atoms with Gasteiger partial charge < -0.3 is 14.6 Å². The van der Waals surface area contributed by atoms with Crippen molar-refractivity contribution in [1.82, 2.24) is 0 Å². The van der Waals surface area contributed by atoms with E-state index in [1.54, 1.807) is 24.3 Å². The van der Waals surface area contributed by atoms with E-state index in [1.165, 1.54) is 30.5 Å². The van der Waals surface area contributed by atoms with Gasteiger partial charge in [-0.2, -0.15) is 0 Å². The molecule has 4 heteroatoms. The number of carbonyl (C=O) groups is 1. The molecule has 0 aliphatic rings. The number of benzene rings is 3. The summed E-state index contributed by atoms with van der Waals surface area (Å²) in [6.07, 6.45) is 2.17. The Balaban J connectivity index is 1.65. The Bertz CT molecular complexity index is 1050.